The van der Waals surface area contributed by atoms with Gasteiger partial charge in [-0.05, 0) is 77.9 Å². The molecule has 6 aromatic rings. The monoisotopic (exact) mass is 464 g/mol. The summed E-state index contributed by atoms with van der Waals surface area (Å²) in [5.74, 6) is 0. The first-order valence-corrected chi connectivity index (χ1v) is 11.5. The summed E-state index contributed by atoms with van der Waals surface area (Å²) in [5.41, 5.74) is 8.69. The number of nitrogens with zero attached hydrogens (tertiary/aromatic N) is 6. The van der Waals surface area contributed by atoms with Gasteiger partial charge in [-0.2, -0.15) is 0 Å². The minimum atomic E-state index is 0.748. The van der Waals surface area contributed by atoms with Crippen molar-refractivity contribution >= 4 is 0 Å². The zero-order valence-corrected chi connectivity index (χ0v) is 19.2. The molecule has 6 aromatic heterocycles. The van der Waals surface area contributed by atoms with Gasteiger partial charge in [0.05, 0.1) is 34.2 Å². The Balaban J connectivity index is 1.50. The fraction of sp³-hybridized carbons (Fsp3) is 0. The molecule has 0 bridgehead atoms. The van der Waals surface area contributed by atoms with Gasteiger partial charge in [0.2, 0.25) is 0 Å². The SMILES string of the molecule is c1ccc(-c2cc(-c3ccnc(-c4nccc(-c5ccccn5)c4-c4ccccn4)c3)ccn2)nc1. The molecule has 6 heteroatoms. The van der Waals surface area contributed by atoms with Crippen LogP contribution in [-0.4, -0.2) is 29.9 Å². The zero-order chi connectivity index (χ0) is 24.2. The fourth-order valence-corrected chi connectivity index (χ4v) is 4.17. The molecule has 0 spiro atoms. The minimum absolute atomic E-state index is 0.748. The highest BCUT2D eigenvalue weighted by molar-refractivity contribution is 5.90. The van der Waals surface area contributed by atoms with Gasteiger partial charge in [0.15, 0.2) is 0 Å². The molecule has 0 N–H and O–H groups in total. The molecule has 0 amide bonds. The molecule has 6 heterocycles. The van der Waals surface area contributed by atoms with Gasteiger partial charge in [0, 0.05) is 48.3 Å². The molecule has 0 fully saturated rings. The van der Waals surface area contributed by atoms with Crippen LogP contribution in [0.3, 0.4) is 0 Å². The summed E-state index contributed by atoms with van der Waals surface area (Å²) in [7, 11) is 0. The number of pyridine rings is 6. The van der Waals surface area contributed by atoms with E-state index in [2.05, 4.69) is 26.0 Å². The summed E-state index contributed by atoms with van der Waals surface area (Å²) in [4.78, 5) is 27.6. The maximum Gasteiger partial charge on any atom is 0.0987 e. The first-order chi connectivity index (χ1) is 17.9. The van der Waals surface area contributed by atoms with Crippen molar-refractivity contribution in [2.75, 3.05) is 0 Å². The molecular formula is C30H20N6. The van der Waals surface area contributed by atoms with Gasteiger partial charge in [-0.25, -0.2) is 0 Å². The molecular weight excluding hydrogens is 444 g/mol. The van der Waals surface area contributed by atoms with E-state index in [4.69, 9.17) is 9.97 Å². The largest absolute Gasteiger partial charge is 0.256 e. The Labute approximate surface area is 208 Å². The summed E-state index contributed by atoms with van der Waals surface area (Å²) in [6, 6.07) is 27.6. The normalized spacial score (nSPS) is 10.8. The molecule has 0 saturated carbocycles. The number of hydrogen-bond acceptors (Lipinski definition) is 6. The lowest BCUT2D eigenvalue weighted by Crippen LogP contribution is -1.97. The predicted octanol–water partition coefficient (Wildman–Crippen LogP) is 6.39. The molecule has 0 radical (unpaired) electrons. The van der Waals surface area contributed by atoms with Crippen molar-refractivity contribution in [1.29, 1.82) is 0 Å². The Hall–Kier alpha value is -5.10. The molecule has 6 nitrogen and oxygen atoms in total. The van der Waals surface area contributed by atoms with Crippen LogP contribution in [0.4, 0.5) is 0 Å². The lowest BCUT2D eigenvalue weighted by Gasteiger charge is -2.14. The standard InChI is InChI=1S/C30H20N6/c1-4-13-31-24(7-1)23-12-18-36-30(29(23)26-9-3-6-15-33-26)28-20-22(11-17-35-28)21-10-16-34-27(19-21)25-8-2-5-14-32-25/h1-20H. The average Bonchev–Trinajstić information content (AvgIpc) is 2.98. The second-order valence-corrected chi connectivity index (χ2v) is 8.09. The van der Waals surface area contributed by atoms with Crippen molar-refractivity contribution in [3.8, 4) is 56.4 Å². The summed E-state index contributed by atoms with van der Waals surface area (Å²) in [5, 5.41) is 0. The Kier molecular flexibility index (Phi) is 5.74. The van der Waals surface area contributed by atoms with Crippen LogP contribution in [0.25, 0.3) is 56.4 Å². The lowest BCUT2D eigenvalue weighted by atomic mass is 9.96. The molecule has 0 aliphatic rings. The van der Waals surface area contributed by atoms with Gasteiger partial charge in [-0.1, -0.05) is 18.2 Å². The molecule has 0 saturated heterocycles. The van der Waals surface area contributed by atoms with Gasteiger partial charge in [-0.3, -0.25) is 29.9 Å². The van der Waals surface area contributed by atoms with Gasteiger partial charge in [0.1, 0.15) is 0 Å². The van der Waals surface area contributed by atoms with E-state index in [0.29, 0.717) is 0 Å². The molecule has 0 unspecified atom stereocenters. The van der Waals surface area contributed by atoms with E-state index in [1.54, 1.807) is 31.0 Å². The van der Waals surface area contributed by atoms with Gasteiger partial charge < -0.3 is 0 Å². The lowest BCUT2D eigenvalue weighted by molar-refractivity contribution is 1.22. The van der Waals surface area contributed by atoms with Gasteiger partial charge >= 0.3 is 0 Å². The molecule has 0 aliphatic carbocycles. The van der Waals surface area contributed by atoms with Crippen molar-refractivity contribution in [1.82, 2.24) is 29.9 Å². The van der Waals surface area contributed by atoms with Crippen LogP contribution >= 0.6 is 0 Å². The number of aromatic nitrogens is 6. The molecule has 6 rings (SSSR count). The number of hydrogen-bond donors (Lipinski definition) is 0. The zero-order valence-electron chi connectivity index (χ0n) is 19.2. The molecule has 36 heavy (non-hydrogen) atoms. The van der Waals surface area contributed by atoms with Crippen molar-refractivity contribution < 1.29 is 0 Å². The van der Waals surface area contributed by atoms with E-state index in [1.807, 2.05) is 85.1 Å². The van der Waals surface area contributed by atoms with E-state index in [1.165, 1.54) is 0 Å². The van der Waals surface area contributed by atoms with E-state index in [-0.39, 0.29) is 0 Å². The van der Waals surface area contributed by atoms with E-state index < -0.39 is 0 Å². The molecule has 0 atom stereocenters. The van der Waals surface area contributed by atoms with Gasteiger partial charge in [0.25, 0.3) is 0 Å². The quantitative estimate of drug-likeness (QED) is 0.294. The Bertz CT molecular complexity index is 1620. The first-order valence-electron chi connectivity index (χ1n) is 11.5. The van der Waals surface area contributed by atoms with E-state index in [0.717, 1.165) is 56.4 Å². The van der Waals surface area contributed by atoms with Gasteiger partial charge in [-0.15, -0.1) is 0 Å². The van der Waals surface area contributed by atoms with Crippen LogP contribution < -0.4 is 0 Å². The molecule has 0 aromatic carbocycles. The van der Waals surface area contributed by atoms with Crippen molar-refractivity contribution in [2.24, 2.45) is 0 Å². The van der Waals surface area contributed by atoms with Crippen LogP contribution in [-0.2, 0) is 0 Å². The van der Waals surface area contributed by atoms with E-state index >= 15 is 0 Å². The summed E-state index contributed by atoms with van der Waals surface area (Å²) >= 11 is 0. The Morgan fingerprint density at radius 3 is 1.53 bits per heavy atom. The average molecular weight is 465 g/mol. The maximum absolute atomic E-state index is 4.76. The highest BCUT2D eigenvalue weighted by atomic mass is 14.8. The van der Waals surface area contributed by atoms with Crippen molar-refractivity contribution in [2.45, 2.75) is 0 Å². The van der Waals surface area contributed by atoms with Crippen molar-refractivity contribution in [3.63, 3.8) is 0 Å². The fourth-order valence-electron chi connectivity index (χ4n) is 4.17. The second kappa shape index (κ2) is 9.64. The smallest absolute Gasteiger partial charge is 0.0987 e. The van der Waals surface area contributed by atoms with Crippen LogP contribution in [0.2, 0.25) is 0 Å². The third-order valence-corrected chi connectivity index (χ3v) is 5.84. The van der Waals surface area contributed by atoms with Crippen molar-refractivity contribution in [3.05, 3.63) is 122 Å². The van der Waals surface area contributed by atoms with E-state index in [9.17, 15) is 0 Å². The Morgan fingerprint density at radius 2 is 0.889 bits per heavy atom. The summed E-state index contributed by atoms with van der Waals surface area (Å²) < 4.78 is 0. The third-order valence-electron chi connectivity index (χ3n) is 5.84. The molecule has 170 valence electrons. The topological polar surface area (TPSA) is 77.3 Å². The Morgan fingerprint density at radius 1 is 0.361 bits per heavy atom. The summed E-state index contributed by atoms with van der Waals surface area (Å²) in [6.45, 7) is 0. The predicted molar refractivity (Wildman–Crippen MR) is 140 cm³/mol. The third kappa shape index (κ3) is 4.23. The minimum Gasteiger partial charge on any atom is -0.256 e. The number of rotatable bonds is 5. The summed E-state index contributed by atoms with van der Waals surface area (Å²) in [6.07, 6.45) is 10.8. The second-order valence-electron chi connectivity index (χ2n) is 8.09. The first kappa shape index (κ1) is 21.4. The van der Waals surface area contributed by atoms with Crippen LogP contribution in [0, 0.1) is 0 Å². The molecule has 0 aliphatic heterocycles. The maximum atomic E-state index is 4.76. The highest BCUT2D eigenvalue weighted by Gasteiger charge is 2.18. The van der Waals surface area contributed by atoms with Crippen LogP contribution in [0.1, 0.15) is 0 Å². The highest BCUT2D eigenvalue weighted by Crippen LogP contribution is 2.37. The van der Waals surface area contributed by atoms with Crippen LogP contribution in [0.5, 0.6) is 0 Å². The van der Waals surface area contributed by atoms with Crippen LogP contribution in [0.15, 0.2) is 122 Å².